The van der Waals surface area contributed by atoms with Crippen LogP contribution in [0, 0.1) is 25.6 Å². The molecule has 0 saturated heterocycles. The highest BCUT2D eigenvalue weighted by Crippen LogP contribution is 2.38. The summed E-state index contributed by atoms with van der Waals surface area (Å²) in [4.78, 5) is 50.7. The average molecular weight is 841 g/mol. The molecule has 0 aliphatic heterocycles. The maximum atomic E-state index is 14.4. The third-order valence-corrected chi connectivity index (χ3v) is 12.9. The molecule has 0 fully saturated rings. The van der Waals surface area contributed by atoms with Crippen LogP contribution in [0.25, 0.3) is 11.0 Å². The molecule has 15 nitrogen and oxygen atoms in total. The summed E-state index contributed by atoms with van der Waals surface area (Å²) < 4.78 is 28.5. The second-order valence-electron chi connectivity index (χ2n) is 14.7. The number of aromatic nitrogens is 3. The number of non-ortho nitro benzene ring substituents is 1. The van der Waals surface area contributed by atoms with Gasteiger partial charge in [0.2, 0.25) is 16.1 Å². The van der Waals surface area contributed by atoms with Crippen LogP contribution >= 0.6 is 23.2 Å². The highest BCUT2D eigenvalue weighted by Gasteiger charge is 2.47. The van der Waals surface area contributed by atoms with Crippen molar-refractivity contribution in [2.75, 3.05) is 30.5 Å². The van der Waals surface area contributed by atoms with E-state index in [2.05, 4.69) is 22.4 Å². The maximum Gasteiger partial charge on any atom is 0.317 e. The van der Waals surface area contributed by atoms with Crippen LogP contribution in [0.4, 0.5) is 17.1 Å². The zero-order chi connectivity index (χ0) is 41.3. The number of unbranched alkanes of at least 4 members (excludes halogenated alkanes) is 15. The van der Waals surface area contributed by atoms with Crippen LogP contribution < -0.4 is 5.32 Å². The highest BCUT2D eigenvalue weighted by molar-refractivity contribution is 7.89. The molecule has 1 heterocycles. The monoisotopic (exact) mass is 839 g/mol. The summed E-state index contributed by atoms with van der Waals surface area (Å²) in [6.45, 7) is 3.74. The number of para-hydroxylation sites is 1. The zero-order valence-electron chi connectivity index (χ0n) is 32.6. The summed E-state index contributed by atoms with van der Waals surface area (Å²) >= 11 is 12.3. The number of hydrogen-bond acceptors (Lipinski definition) is 10. The Morgan fingerprint density at radius 3 is 1.84 bits per heavy atom. The summed E-state index contributed by atoms with van der Waals surface area (Å²) in [5.41, 5.74) is -4.47. The summed E-state index contributed by atoms with van der Waals surface area (Å²) in [5.74, 6) is -3.38. The fraction of sp³-hybridized carbons (Fsp3) is 0.632. The molecule has 0 saturated carbocycles. The lowest BCUT2D eigenvalue weighted by Crippen LogP contribution is -2.48. The molecule has 0 radical (unpaired) electrons. The van der Waals surface area contributed by atoms with Gasteiger partial charge in [-0.05, 0) is 18.6 Å². The van der Waals surface area contributed by atoms with Crippen LogP contribution in [0.5, 0.6) is 0 Å². The summed E-state index contributed by atoms with van der Waals surface area (Å²) in [6.07, 6.45) is 19.0. The van der Waals surface area contributed by atoms with Gasteiger partial charge in [-0.1, -0.05) is 140 Å². The van der Waals surface area contributed by atoms with E-state index in [4.69, 9.17) is 23.2 Å². The first-order valence-corrected chi connectivity index (χ1v) is 22.0. The number of anilines is 1. The van der Waals surface area contributed by atoms with Gasteiger partial charge in [0.1, 0.15) is 5.02 Å². The molecule has 1 amide bonds. The van der Waals surface area contributed by atoms with E-state index in [-0.39, 0.29) is 12.2 Å². The summed E-state index contributed by atoms with van der Waals surface area (Å²) in [7, 11) is -2.69. The lowest BCUT2D eigenvalue weighted by molar-refractivity contribution is -0.386. The first-order chi connectivity index (χ1) is 26.7. The van der Waals surface area contributed by atoms with E-state index in [1.54, 1.807) is 18.2 Å². The van der Waals surface area contributed by atoms with Crippen molar-refractivity contribution in [3.63, 3.8) is 0 Å². The second kappa shape index (κ2) is 22.9. The Morgan fingerprint density at radius 1 is 0.857 bits per heavy atom. The second-order valence-corrected chi connectivity index (χ2v) is 17.4. The predicted octanol–water partition coefficient (Wildman–Crippen LogP) is 9.42. The Labute approximate surface area is 339 Å². The van der Waals surface area contributed by atoms with Crippen molar-refractivity contribution in [3.8, 4) is 0 Å². The SMILES string of the molecule is CCCCCCCCCCCCCCCCCCN(C)S(=O)(=O)CC(C)(CCl)C(=O)C(C(=O)Nc1ccccc1)n1nc2c([N+](=O)[O-])cc(Cl)c([N+](=O)[O-])c2n1. The third-order valence-electron chi connectivity index (χ3n) is 9.93. The van der Waals surface area contributed by atoms with E-state index < -0.39 is 82.1 Å². The molecule has 56 heavy (non-hydrogen) atoms. The number of nitrogens with zero attached hydrogens (tertiary/aromatic N) is 6. The first-order valence-electron chi connectivity index (χ1n) is 19.4. The molecule has 0 aliphatic rings. The number of carbonyl (C=O) groups is 2. The minimum Gasteiger partial charge on any atom is -0.324 e. The normalized spacial score (nSPS) is 13.5. The Balaban J connectivity index is 1.67. The van der Waals surface area contributed by atoms with Gasteiger partial charge in [-0.25, -0.2) is 12.7 Å². The maximum absolute atomic E-state index is 14.4. The molecular weight excluding hydrogens is 785 g/mol. The van der Waals surface area contributed by atoms with E-state index in [1.165, 1.54) is 101 Å². The zero-order valence-corrected chi connectivity index (χ0v) is 34.9. The van der Waals surface area contributed by atoms with Gasteiger partial charge in [0, 0.05) is 31.2 Å². The lowest BCUT2D eigenvalue weighted by atomic mass is 9.85. The van der Waals surface area contributed by atoms with Crippen LogP contribution in [0.15, 0.2) is 36.4 Å². The minimum absolute atomic E-state index is 0.214. The smallest absolute Gasteiger partial charge is 0.317 e. The van der Waals surface area contributed by atoms with Crippen LogP contribution in [0.2, 0.25) is 5.02 Å². The quantitative estimate of drug-likeness (QED) is 0.0241. The van der Waals surface area contributed by atoms with Gasteiger partial charge in [-0.2, -0.15) is 4.80 Å². The molecule has 0 bridgehead atoms. The first kappa shape index (κ1) is 46.7. The fourth-order valence-electron chi connectivity index (χ4n) is 6.55. The summed E-state index contributed by atoms with van der Waals surface area (Å²) in [5, 5.41) is 33.7. The van der Waals surface area contributed by atoms with Crippen molar-refractivity contribution >= 4 is 73.0 Å². The van der Waals surface area contributed by atoms with Gasteiger partial charge in [0.15, 0.2) is 16.8 Å². The van der Waals surface area contributed by atoms with Crippen molar-refractivity contribution < 1.29 is 27.9 Å². The molecule has 2 atom stereocenters. The van der Waals surface area contributed by atoms with Gasteiger partial charge in [-0.15, -0.1) is 21.8 Å². The van der Waals surface area contributed by atoms with Crippen LogP contribution in [-0.2, 0) is 19.6 Å². The van der Waals surface area contributed by atoms with Crippen LogP contribution in [-0.4, -0.2) is 74.5 Å². The van der Waals surface area contributed by atoms with Gasteiger partial charge < -0.3 is 5.32 Å². The fourth-order valence-corrected chi connectivity index (χ4v) is 8.83. The number of amides is 1. The number of halogens is 2. The number of ketones is 1. The van der Waals surface area contributed by atoms with Crippen molar-refractivity contribution in [1.29, 1.82) is 0 Å². The Morgan fingerprint density at radius 2 is 1.36 bits per heavy atom. The number of fused-ring (bicyclic) bond motifs is 1. The van der Waals surface area contributed by atoms with Gasteiger partial charge in [0.25, 0.3) is 5.91 Å². The molecule has 18 heteroatoms. The number of nitrogens with one attached hydrogen (secondary N) is 1. The van der Waals surface area contributed by atoms with Crippen molar-refractivity contribution in [2.24, 2.45) is 5.41 Å². The standard InChI is InChI=1S/C38H55Cl2N7O8S/c1-4-5-6-7-8-9-10-11-12-13-14-15-16-17-18-22-25-44(3)56(54,55)28-38(2,27-39)36(48)35(37(49)41-29-23-20-19-21-24-29)45-42-32-31(46(50)51)26-30(40)34(47(52)53)33(32)43-45/h19-21,23-24,26,35H,4-18,22,25,27-28H2,1-3H3,(H,41,49). The van der Waals surface area contributed by atoms with Gasteiger partial charge >= 0.3 is 11.4 Å². The number of nitro groups is 2. The van der Waals surface area contributed by atoms with Gasteiger partial charge in [-0.3, -0.25) is 29.8 Å². The van der Waals surface area contributed by atoms with Crippen LogP contribution in [0.1, 0.15) is 123 Å². The van der Waals surface area contributed by atoms with E-state index >= 15 is 0 Å². The molecular formula is C38H55Cl2N7O8S. The largest absolute Gasteiger partial charge is 0.324 e. The molecule has 310 valence electrons. The number of sulfonamides is 1. The molecule has 1 N–H and O–H groups in total. The number of Topliss-reactive ketones (excluding diaryl/α,β-unsaturated/α-hetero) is 1. The van der Waals surface area contributed by atoms with E-state index in [9.17, 15) is 38.2 Å². The Kier molecular flexibility index (Phi) is 19.1. The summed E-state index contributed by atoms with van der Waals surface area (Å²) in [6, 6.07) is 6.66. The van der Waals surface area contributed by atoms with E-state index in [0.717, 1.165) is 31.7 Å². The minimum atomic E-state index is -4.11. The van der Waals surface area contributed by atoms with Crippen LogP contribution in [0.3, 0.4) is 0 Å². The van der Waals surface area contributed by atoms with Crippen molar-refractivity contribution in [2.45, 2.75) is 123 Å². The number of rotatable bonds is 28. The Bertz CT molecular complexity index is 1880. The molecule has 0 aliphatic carbocycles. The number of nitro benzene ring substituents is 2. The van der Waals surface area contributed by atoms with E-state index in [0.29, 0.717) is 11.2 Å². The molecule has 1 aromatic heterocycles. The van der Waals surface area contributed by atoms with Crippen molar-refractivity contribution in [1.82, 2.24) is 19.3 Å². The number of carbonyl (C=O) groups excluding carboxylic acids is 2. The average Bonchev–Trinajstić information content (AvgIpc) is 3.58. The predicted molar refractivity (Wildman–Crippen MR) is 220 cm³/mol. The number of hydrogen-bond donors (Lipinski definition) is 1. The van der Waals surface area contributed by atoms with E-state index in [1.807, 2.05) is 0 Å². The molecule has 3 rings (SSSR count). The lowest BCUT2D eigenvalue weighted by Gasteiger charge is -2.30. The topological polar surface area (TPSA) is 201 Å². The number of benzene rings is 2. The molecule has 2 unspecified atom stereocenters. The highest BCUT2D eigenvalue weighted by atomic mass is 35.5. The molecule has 2 aromatic carbocycles. The van der Waals surface area contributed by atoms with Gasteiger partial charge in [0.05, 0.1) is 21.0 Å². The van der Waals surface area contributed by atoms with Crippen molar-refractivity contribution in [3.05, 3.63) is 61.6 Å². The number of alkyl halides is 1. The molecule has 0 spiro atoms. The molecule has 3 aromatic rings. The third kappa shape index (κ3) is 13.4. The Hall–Kier alpha value is -3.73.